The molecule has 0 amide bonds. The topological polar surface area (TPSA) is 29.0 Å². The second-order valence-electron chi connectivity index (χ2n) is 2.83. The average Bonchev–Trinajstić information content (AvgIpc) is 2.21. The molecular weight excluding hydrogens is 233 g/mol. The van der Waals surface area contributed by atoms with Crippen molar-refractivity contribution in [1.82, 2.24) is 10.2 Å². The molecule has 0 N–H and O–H groups in total. The van der Waals surface area contributed by atoms with E-state index in [4.69, 9.17) is 23.2 Å². The van der Waals surface area contributed by atoms with Gasteiger partial charge in [0.05, 0.1) is 5.69 Å². The van der Waals surface area contributed by atoms with Gasteiger partial charge in [0, 0.05) is 19.2 Å². The lowest BCUT2D eigenvalue weighted by Gasteiger charge is -2.21. The maximum atomic E-state index is 5.92. The van der Waals surface area contributed by atoms with Crippen LogP contribution in [0.25, 0.3) is 0 Å². The SMILES string of the molecule is C=CCN(CC=C)c1cc(Cl)nnc1Cl. The van der Waals surface area contributed by atoms with Crippen molar-refractivity contribution in [2.24, 2.45) is 0 Å². The zero-order chi connectivity index (χ0) is 11.3. The Labute approximate surface area is 99.0 Å². The van der Waals surface area contributed by atoms with E-state index in [1.165, 1.54) is 0 Å². The first kappa shape index (κ1) is 12.0. The fourth-order valence-electron chi connectivity index (χ4n) is 1.15. The third kappa shape index (κ3) is 3.22. The average molecular weight is 244 g/mol. The highest BCUT2D eigenvalue weighted by Gasteiger charge is 2.10. The molecule has 1 aromatic rings. The Bertz CT molecular complexity index is 356. The summed E-state index contributed by atoms with van der Waals surface area (Å²) in [6, 6.07) is 1.67. The lowest BCUT2D eigenvalue weighted by molar-refractivity contribution is 0.928. The molecule has 0 spiro atoms. The van der Waals surface area contributed by atoms with Gasteiger partial charge in [-0.1, -0.05) is 35.4 Å². The fraction of sp³-hybridized carbons (Fsp3) is 0.200. The van der Waals surface area contributed by atoms with Crippen molar-refractivity contribution >= 4 is 28.9 Å². The first-order chi connectivity index (χ1) is 7.19. The van der Waals surface area contributed by atoms with Crippen LogP contribution in [0.5, 0.6) is 0 Å². The number of hydrogen-bond acceptors (Lipinski definition) is 3. The molecule has 0 bridgehead atoms. The summed E-state index contributed by atoms with van der Waals surface area (Å²) in [4.78, 5) is 1.95. The number of rotatable bonds is 5. The fourth-order valence-corrected chi connectivity index (χ4v) is 1.50. The summed E-state index contributed by atoms with van der Waals surface area (Å²) in [7, 11) is 0. The quantitative estimate of drug-likeness (QED) is 0.745. The van der Waals surface area contributed by atoms with E-state index in [1.807, 2.05) is 4.90 Å². The van der Waals surface area contributed by atoms with Crippen LogP contribution in [0, 0.1) is 0 Å². The minimum atomic E-state index is 0.313. The van der Waals surface area contributed by atoms with Crippen LogP contribution in [-0.2, 0) is 0 Å². The van der Waals surface area contributed by atoms with Crippen molar-refractivity contribution < 1.29 is 0 Å². The predicted octanol–water partition coefficient (Wildman–Crippen LogP) is 2.96. The van der Waals surface area contributed by atoms with E-state index in [0.717, 1.165) is 5.69 Å². The van der Waals surface area contributed by atoms with Gasteiger partial charge in [-0.3, -0.25) is 0 Å². The Morgan fingerprint density at radius 2 is 1.80 bits per heavy atom. The second-order valence-corrected chi connectivity index (χ2v) is 3.57. The van der Waals surface area contributed by atoms with Gasteiger partial charge in [-0.25, -0.2) is 0 Å². The van der Waals surface area contributed by atoms with Crippen LogP contribution in [0.1, 0.15) is 0 Å². The van der Waals surface area contributed by atoms with Gasteiger partial charge in [-0.05, 0) is 0 Å². The van der Waals surface area contributed by atoms with Crippen LogP contribution >= 0.6 is 23.2 Å². The Morgan fingerprint density at radius 3 is 2.33 bits per heavy atom. The molecule has 5 heteroatoms. The van der Waals surface area contributed by atoms with Crippen LogP contribution < -0.4 is 4.90 Å². The molecule has 0 aliphatic heterocycles. The molecule has 1 rings (SSSR count). The van der Waals surface area contributed by atoms with E-state index in [1.54, 1.807) is 18.2 Å². The van der Waals surface area contributed by atoms with Crippen LogP contribution in [-0.4, -0.2) is 23.3 Å². The molecule has 0 saturated carbocycles. The Kier molecular flexibility index (Phi) is 4.59. The van der Waals surface area contributed by atoms with E-state index >= 15 is 0 Å². The van der Waals surface area contributed by atoms with E-state index in [9.17, 15) is 0 Å². The standard InChI is InChI=1S/C10H11Cl2N3/c1-3-5-15(6-4-2)8-7-9(11)13-14-10(8)12/h3-4,7H,1-2,5-6H2. The number of halogens is 2. The van der Waals surface area contributed by atoms with Gasteiger partial charge in [0.1, 0.15) is 0 Å². The maximum Gasteiger partial charge on any atom is 0.175 e. The molecule has 0 aromatic carbocycles. The Morgan fingerprint density at radius 1 is 1.20 bits per heavy atom. The highest BCUT2D eigenvalue weighted by molar-refractivity contribution is 6.33. The lowest BCUT2D eigenvalue weighted by Crippen LogP contribution is -2.23. The summed E-state index contributed by atoms with van der Waals surface area (Å²) in [6.07, 6.45) is 3.54. The normalized spacial score (nSPS) is 9.73. The van der Waals surface area contributed by atoms with Crippen LogP contribution in [0.3, 0.4) is 0 Å². The van der Waals surface area contributed by atoms with E-state index in [2.05, 4.69) is 23.4 Å². The highest BCUT2D eigenvalue weighted by atomic mass is 35.5. The Balaban J connectivity index is 3.02. The van der Waals surface area contributed by atoms with Crippen molar-refractivity contribution in [3.8, 4) is 0 Å². The van der Waals surface area contributed by atoms with Crippen molar-refractivity contribution in [2.45, 2.75) is 0 Å². The smallest absolute Gasteiger partial charge is 0.175 e. The van der Waals surface area contributed by atoms with E-state index in [0.29, 0.717) is 23.4 Å². The molecule has 3 nitrogen and oxygen atoms in total. The summed E-state index contributed by atoms with van der Waals surface area (Å²) in [5.41, 5.74) is 0.733. The molecular formula is C10H11Cl2N3. The summed E-state index contributed by atoms with van der Waals surface area (Å²) in [6.45, 7) is 8.64. The summed E-state index contributed by atoms with van der Waals surface area (Å²) >= 11 is 11.7. The maximum absolute atomic E-state index is 5.92. The minimum Gasteiger partial charge on any atom is -0.361 e. The first-order valence-electron chi connectivity index (χ1n) is 4.34. The van der Waals surface area contributed by atoms with Gasteiger partial charge in [-0.2, -0.15) is 0 Å². The van der Waals surface area contributed by atoms with E-state index in [-0.39, 0.29) is 0 Å². The summed E-state index contributed by atoms with van der Waals surface area (Å²) in [5.74, 6) is 0. The van der Waals surface area contributed by atoms with Crippen molar-refractivity contribution in [1.29, 1.82) is 0 Å². The third-order valence-corrected chi connectivity index (χ3v) is 2.19. The van der Waals surface area contributed by atoms with Crippen molar-refractivity contribution in [2.75, 3.05) is 18.0 Å². The van der Waals surface area contributed by atoms with Gasteiger partial charge >= 0.3 is 0 Å². The minimum absolute atomic E-state index is 0.313. The molecule has 15 heavy (non-hydrogen) atoms. The van der Waals surface area contributed by atoms with Crippen molar-refractivity contribution in [3.05, 3.63) is 41.7 Å². The molecule has 0 aliphatic rings. The monoisotopic (exact) mass is 243 g/mol. The summed E-state index contributed by atoms with van der Waals surface area (Å²) < 4.78 is 0. The van der Waals surface area contributed by atoms with Gasteiger partial charge in [0.2, 0.25) is 0 Å². The van der Waals surface area contributed by atoms with Gasteiger partial charge in [-0.15, -0.1) is 23.4 Å². The van der Waals surface area contributed by atoms with Crippen LogP contribution in [0.15, 0.2) is 31.4 Å². The third-order valence-electron chi connectivity index (χ3n) is 1.74. The molecule has 0 aliphatic carbocycles. The number of nitrogens with zero attached hydrogens (tertiary/aromatic N) is 3. The molecule has 1 heterocycles. The van der Waals surface area contributed by atoms with Crippen molar-refractivity contribution in [3.63, 3.8) is 0 Å². The predicted molar refractivity (Wildman–Crippen MR) is 64.7 cm³/mol. The number of aromatic nitrogens is 2. The molecule has 80 valence electrons. The zero-order valence-electron chi connectivity index (χ0n) is 8.16. The molecule has 0 fully saturated rings. The lowest BCUT2D eigenvalue weighted by atomic mass is 10.3. The molecule has 0 radical (unpaired) electrons. The summed E-state index contributed by atoms with van der Waals surface area (Å²) in [5, 5.41) is 8.02. The van der Waals surface area contributed by atoms with Gasteiger partial charge in [0.15, 0.2) is 10.3 Å². The Hall–Kier alpha value is -1.06. The molecule has 0 unspecified atom stereocenters. The van der Waals surface area contributed by atoms with Crippen LogP contribution in [0.4, 0.5) is 5.69 Å². The van der Waals surface area contributed by atoms with E-state index < -0.39 is 0 Å². The molecule has 0 saturated heterocycles. The van der Waals surface area contributed by atoms with Gasteiger partial charge in [0.25, 0.3) is 0 Å². The number of anilines is 1. The first-order valence-corrected chi connectivity index (χ1v) is 5.10. The van der Waals surface area contributed by atoms with Gasteiger partial charge < -0.3 is 4.90 Å². The molecule has 0 atom stereocenters. The second kappa shape index (κ2) is 5.73. The highest BCUT2D eigenvalue weighted by Crippen LogP contribution is 2.25. The zero-order valence-corrected chi connectivity index (χ0v) is 9.67. The number of hydrogen-bond donors (Lipinski definition) is 0. The largest absolute Gasteiger partial charge is 0.361 e. The van der Waals surface area contributed by atoms with Crippen LogP contribution in [0.2, 0.25) is 10.3 Å². The molecule has 1 aromatic heterocycles.